The Hall–Kier alpha value is -1.22. The SMILES string of the molecule is CC(C)OC(=O)CNc1ccccc1Cl. The average Bonchev–Trinajstić information content (AvgIpc) is 2.15. The summed E-state index contributed by atoms with van der Waals surface area (Å²) in [6.07, 6.45) is -0.0921. The molecule has 15 heavy (non-hydrogen) atoms. The van der Waals surface area contributed by atoms with Gasteiger partial charge in [-0.25, -0.2) is 0 Å². The van der Waals surface area contributed by atoms with Crippen molar-refractivity contribution in [3.8, 4) is 0 Å². The summed E-state index contributed by atoms with van der Waals surface area (Å²) < 4.78 is 4.97. The van der Waals surface area contributed by atoms with E-state index in [0.717, 1.165) is 5.69 Å². The van der Waals surface area contributed by atoms with Gasteiger partial charge < -0.3 is 10.1 Å². The van der Waals surface area contributed by atoms with E-state index in [2.05, 4.69) is 5.32 Å². The minimum Gasteiger partial charge on any atom is -0.462 e. The van der Waals surface area contributed by atoms with Crippen LogP contribution in [0.5, 0.6) is 0 Å². The Bertz CT molecular complexity index is 339. The molecule has 0 fully saturated rings. The van der Waals surface area contributed by atoms with Crippen LogP contribution < -0.4 is 5.32 Å². The smallest absolute Gasteiger partial charge is 0.325 e. The number of nitrogens with one attached hydrogen (secondary N) is 1. The largest absolute Gasteiger partial charge is 0.462 e. The van der Waals surface area contributed by atoms with Crippen LogP contribution in [0.3, 0.4) is 0 Å². The third kappa shape index (κ3) is 4.21. The molecule has 0 aromatic heterocycles. The van der Waals surface area contributed by atoms with Gasteiger partial charge in [0.05, 0.1) is 16.8 Å². The fourth-order valence-corrected chi connectivity index (χ4v) is 1.28. The number of anilines is 1. The molecule has 82 valence electrons. The first kappa shape index (κ1) is 11.9. The standard InChI is InChI=1S/C11H14ClNO2/c1-8(2)15-11(14)7-13-10-6-4-3-5-9(10)12/h3-6,8,13H,7H2,1-2H3. The summed E-state index contributed by atoms with van der Waals surface area (Å²) in [7, 11) is 0. The Balaban J connectivity index is 2.44. The first-order chi connectivity index (χ1) is 7.09. The average molecular weight is 228 g/mol. The number of hydrogen-bond acceptors (Lipinski definition) is 3. The van der Waals surface area contributed by atoms with E-state index in [9.17, 15) is 4.79 Å². The van der Waals surface area contributed by atoms with Crippen LogP contribution >= 0.6 is 11.6 Å². The summed E-state index contributed by atoms with van der Waals surface area (Å²) in [6.45, 7) is 3.75. The molecule has 0 aliphatic rings. The number of hydrogen-bond donors (Lipinski definition) is 1. The quantitative estimate of drug-likeness (QED) is 0.804. The lowest BCUT2D eigenvalue weighted by Crippen LogP contribution is -2.20. The maximum Gasteiger partial charge on any atom is 0.325 e. The van der Waals surface area contributed by atoms with Gasteiger partial charge in [-0.2, -0.15) is 0 Å². The number of para-hydroxylation sites is 1. The van der Waals surface area contributed by atoms with Crippen LogP contribution in [0.15, 0.2) is 24.3 Å². The van der Waals surface area contributed by atoms with Crippen molar-refractivity contribution >= 4 is 23.3 Å². The van der Waals surface area contributed by atoms with Gasteiger partial charge in [-0.1, -0.05) is 23.7 Å². The lowest BCUT2D eigenvalue weighted by atomic mass is 10.3. The van der Waals surface area contributed by atoms with Gasteiger partial charge in [0.2, 0.25) is 0 Å². The van der Waals surface area contributed by atoms with Crippen molar-refractivity contribution in [2.24, 2.45) is 0 Å². The van der Waals surface area contributed by atoms with Crippen molar-refractivity contribution < 1.29 is 9.53 Å². The summed E-state index contributed by atoms with van der Waals surface area (Å²) in [6, 6.07) is 7.25. The van der Waals surface area contributed by atoms with Gasteiger partial charge in [-0.05, 0) is 26.0 Å². The van der Waals surface area contributed by atoms with Gasteiger partial charge in [0.15, 0.2) is 0 Å². The van der Waals surface area contributed by atoms with Crippen molar-refractivity contribution in [1.29, 1.82) is 0 Å². The van der Waals surface area contributed by atoms with Gasteiger partial charge in [-0.3, -0.25) is 4.79 Å². The number of benzene rings is 1. The third-order valence-corrected chi connectivity index (χ3v) is 1.99. The van der Waals surface area contributed by atoms with Crippen LogP contribution in [0.1, 0.15) is 13.8 Å². The van der Waals surface area contributed by atoms with Crippen molar-refractivity contribution in [3.63, 3.8) is 0 Å². The highest BCUT2D eigenvalue weighted by atomic mass is 35.5. The second-order valence-electron chi connectivity index (χ2n) is 3.37. The molecule has 3 nitrogen and oxygen atoms in total. The molecular weight excluding hydrogens is 214 g/mol. The summed E-state index contributed by atoms with van der Waals surface area (Å²) in [5.74, 6) is -0.287. The number of carbonyl (C=O) groups is 1. The van der Waals surface area contributed by atoms with Crippen LogP contribution in [0.2, 0.25) is 5.02 Å². The van der Waals surface area contributed by atoms with Crippen LogP contribution in [0, 0.1) is 0 Å². The van der Waals surface area contributed by atoms with Crippen LogP contribution in [0.4, 0.5) is 5.69 Å². The van der Waals surface area contributed by atoms with E-state index in [1.54, 1.807) is 6.07 Å². The van der Waals surface area contributed by atoms with E-state index >= 15 is 0 Å². The Morgan fingerprint density at radius 1 is 1.47 bits per heavy atom. The summed E-state index contributed by atoms with van der Waals surface area (Å²) >= 11 is 5.90. The van der Waals surface area contributed by atoms with Crippen LogP contribution in [-0.2, 0) is 9.53 Å². The molecule has 0 amide bonds. The maximum absolute atomic E-state index is 11.2. The molecule has 1 rings (SSSR count). The van der Waals surface area contributed by atoms with Gasteiger partial charge >= 0.3 is 5.97 Å². The summed E-state index contributed by atoms with van der Waals surface area (Å²) in [5.41, 5.74) is 0.736. The minimum atomic E-state index is -0.287. The minimum absolute atomic E-state index is 0.0921. The molecule has 0 aliphatic heterocycles. The van der Waals surface area contributed by atoms with Gasteiger partial charge in [0.25, 0.3) is 0 Å². The van der Waals surface area contributed by atoms with Crippen molar-refractivity contribution in [3.05, 3.63) is 29.3 Å². The normalized spacial score (nSPS) is 10.1. The van der Waals surface area contributed by atoms with Crippen LogP contribution in [0.25, 0.3) is 0 Å². The zero-order chi connectivity index (χ0) is 11.3. The van der Waals surface area contributed by atoms with Crippen LogP contribution in [-0.4, -0.2) is 18.6 Å². The van der Waals surface area contributed by atoms with Crippen molar-refractivity contribution in [2.75, 3.05) is 11.9 Å². The molecule has 0 spiro atoms. The molecule has 1 aromatic rings. The molecule has 0 saturated carbocycles. The second-order valence-corrected chi connectivity index (χ2v) is 3.78. The fraction of sp³-hybridized carbons (Fsp3) is 0.364. The second kappa shape index (κ2) is 5.61. The number of rotatable bonds is 4. The van der Waals surface area contributed by atoms with E-state index in [4.69, 9.17) is 16.3 Å². The van der Waals surface area contributed by atoms with Gasteiger partial charge in [0, 0.05) is 0 Å². The molecule has 0 radical (unpaired) electrons. The van der Waals surface area contributed by atoms with Crippen molar-refractivity contribution in [1.82, 2.24) is 0 Å². The molecule has 0 bridgehead atoms. The molecule has 0 heterocycles. The molecular formula is C11H14ClNO2. The number of esters is 1. The topological polar surface area (TPSA) is 38.3 Å². The zero-order valence-corrected chi connectivity index (χ0v) is 9.54. The number of halogens is 1. The first-order valence-electron chi connectivity index (χ1n) is 4.77. The van der Waals surface area contributed by atoms with E-state index in [0.29, 0.717) is 5.02 Å². The van der Waals surface area contributed by atoms with Gasteiger partial charge in [-0.15, -0.1) is 0 Å². The summed E-state index contributed by atoms with van der Waals surface area (Å²) in [4.78, 5) is 11.2. The lowest BCUT2D eigenvalue weighted by Gasteiger charge is -2.10. The lowest BCUT2D eigenvalue weighted by molar-refractivity contribution is -0.145. The monoisotopic (exact) mass is 227 g/mol. The molecule has 1 aromatic carbocycles. The highest BCUT2D eigenvalue weighted by Gasteiger charge is 2.05. The number of ether oxygens (including phenoxy) is 1. The Morgan fingerprint density at radius 3 is 2.73 bits per heavy atom. The molecule has 0 aliphatic carbocycles. The molecule has 1 N–H and O–H groups in total. The predicted octanol–water partition coefficient (Wildman–Crippen LogP) is 2.70. The zero-order valence-electron chi connectivity index (χ0n) is 8.79. The summed E-state index contributed by atoms with van der Waals surface area (Å²) in [5, 5.41) is 3.50. The third-order valence-electron chi connectivity index (χ3n) is 1.66. The Labute approximate surface area is 94.4 Å². The highest BCUT2D eigenvalue weighted by molar-refractivity contribution is 6.33. The van der Waals surface area contributed by atoms with Crippen molar-refractivity contribution in [2.45, 2.75) is 20.0 Å². The van der Waals surface area contributed by atoms with E-state index in [-0.39, 0.29) is 18.6 Å². The van der Waals surface area contributed by atoms with E-state index in [1.807, 2.05) is 32.0 Å². The molecule has 0 atom stereocenters. The highest BCUT2D eigenvalue weighted by Crippen LogP contribution is 2.19. The Morgan fingerprint density at radius 2 is 2.13 bits per heavy atom. The molecule has 0 unspecified atom stereocenters. The van der Waals surface area contributed by atoms with E-state index < -0.39 is 0 Å². The predicted molar refractivity (Wildman–Crippen MR) is 61.2 cm³/mol. The maximum atomic E-state index is 11.2. The first-order valence-corrected chi connectivity index (χ1v) is 5.15. The number of carbonyl (C=O) groups excluding carboxylic acids is 1. The fourth-order valence-electron chi connectivity index (χ4n) is 1.08. The Kier molecular flexibility index (Phi) is 4.43. The van der Waals surface area contributed by atoms with Gasteiger partial charge in [0.1, 0.15) is 6.54 Å². The van der Waals surface area contributed by atoms with E-state index in [1.165, 1.54) is 0 Å². The molecule has 4 heteroatoms. The molecule has 0 saturated heterocycles.